The van der Waals surface area contributed by atoms with Gasteiger partial charge in [-0.3, -0.25) is 0 Å². The summed E-state index contributed by atoms with van der Waals surface area (Å²) >= 11 is 3.97. The van der Waals surface area contributed by atoms with Gasteiger partial charge in [-0.1, -0.05) is 0 Å². The number of hydrogen-bond donors (Lipinski definition) is 2. The Bertz CT molecular complexity index is 221. The molecule has 1 aliphatic heterocycles. The number of sulfone groups is 1. The topological polar surface area (TPSA) is 54.4 Å². The smallest absolute Gasteiger partial charge is 0.150 e. The quantitative estimate of drug-likeness (QED) is 0.636. The number of rotatable bonds is 2. The van der Waals surface area contributed by atoms with E-state index in [4.69, 9.17) is 0 Å². The van der Waals surface area contributed by atoms with Gasteiger partial charge in [-0.15, -0.1) is 0 Å². The van der Waals surface area contributed by atoms with Crippen molar-refractivity contribution in [2.45, 2.75) is 18.9 Å². The molecule has 3 nitrogen and oxygen atoms in total. The summed E-state index contributed by atoms with van der Waals surface area (Å²) in [7, 11) is -2.79. The van der Waals surface area contributed by atoms with Crippen LogP contribution in [0.5, 0.6) is 0 Å². The molecule has 0 spiro atoms. The van der Waals surface area contributed by atoms with Gasteiger partial charge < -0.3 is 5.11 Å². The first-order valence-electron chi connectivity index (χ1n) is 4.04. The second-order valence-corrected chi connectivity index (χ2v) is 5.91. The van der Waals surface area contributed by atoms with Crippen molar-refractivity contribution in [1.82, 2.24) is 0 Å². The Morgan fingerprint density at radius 1 is 1.42 bits per heavy atom. The van der Waals surface area contributed by atoms with E-state index in [0.29, 0.717) is 18.6 Å². The first kappa shape index (κ1) is 10.3. The molecule has 12 heavy (non-hydrogen) atoms. The Morgan fingerprint density at radius 2 is 1.92 bits per heavy atom. The molecule has 5 heteroatoms. The van der Waals surface area contributed by atoms with E-state index in [9.17, 15) is 13.5 Å². The van der Waals surface area contributed by atoms with Gasteiger partial charge in [0, 0.05) is 5.75 Å². The predicted molar refractivity (Wildman–Crippen MR) is 51.2 cm³/mol. The lowest BCUT2D eigenvalue weighted by Crippen LogP contribution is -2.31. The molecule has 72 valence electrons. The number of hydrogen-bond acceptors (Lipinski definition) is 4. The summed E-state index contributed by atoms with van der Waals surface area (Å²) in [5, 5.41) is 9.38. The molecule has 0 radical (unpaired) electrons. The van der Waals surface area contributed by atoms with Gasteiger partial charge in [0.1, 0.15) is 9.84 Å². The third kappa shape index (κ3) is 2.64. The van der Waals surface area contributed by atoms with Crippen LogP contribution in [0.15, 0.2) is 0 Å². The summed E-state index contributed by atoms with van der Waals surface area (Å²) < 4.78 is 22.0. The fourth-order valence-corrected chi connectivity index (χ4v) is 3.27. The van der Waals surface area contributed by atoms with E-state index in [2.05, 4.69) is 12.6 Å². The van der Waals surface area contributed by atoms with E-state index < -0.39 is 15.9 Å². The van der Waals surface area contributed by atoms with Crippen LogP contribution in [0, 0.1) is 5.92 Å². The molecule has 1 unspecified atom stereocenters. The minimum absolute atomic E-state index is 0.131. The molecule has 1 rings (SSSR count). The Hall–Kier alpha value is 0.260. The van der Waals surface area contributed by atoms with Crippen LogP contribution in [-0.4, -0.2) is 36.9 Å². The standard InChI is InChI=1S/C7H14O3S2/c8-7(5-11)6-1-3-12(9,10)4-2-6/h6-8,11H,1-5H2. The van der Waals surface area contributed by atoms with E-state index >= 15 is 0 Å². The van der Waals surface area contributed by atoms with Crippen molar-refractivity contribution in [1.29, 1.82) is 0 Å². The van der Waals surface area contributed by atoms with Crippen LogP contribution in [0.25, 0.3) is 0 Å². The van der Waals surface area contributed by atoms with Crippen molar-refractivity contribution in [2.24, 2.45) is 5.92 Å². The van der Waals surface area contributed by atoms with Crippen molar-refractivity contribution in [3.63, 3.8) is 0 Å². The maximum absolute atomic E-state index is 11.0. The fraction of sp³-hybridized carbons (Fsp3) is 1.00. The molecular weight excluding hydrogens is 196 g/mol. The SMILES string of the molecule is O=S1(=O)CCC(C(O)CS)CC1. The molecule has 1 aliphatic rings. The molecule has 1 heterocycles. The first-order valence-corrected chi connectivity index (χ1v) is 6.50. The van der Waals surface area contributed by atoms with Crippen LogP contribution in [0.3, 0.4) is 0 Å². The van der Waals surface area contributed by atoms with E-state index in [1.54, 1.807) is 0 Å². The Balaban J connectivity index is 2.46. The summed E-state index contributed by atoms with van der Waals surface area (Å²) in [5.74, 6) is 1.00. The highest BCUT2D eigenvalue weighted by molar-refractivity contribution is 7.91. The predicted octanol–water partition coefficient (Wildman–Crippen LogP) is 0.102. The number of thiol groups is 1. The monoisotopic (exact) mass is 210 g/mol. The highest BCUT2D eigenvalue weighted by Crippen LogP contribution is 2.22. The molecule has 0 amide bonds. The summed E-state index contributed by atoms with van der Waals surface area (Å²) in [5.41, 5.74) is 0. The van der Waals surface area contributed by atoms with Gasteiger partial charge in [-0.25, -0.2) is 8.42 Å². The van der Waals surface area contributed by atoms with Crippen molar-refractivity contribution in [2.75, 3.05) is 17.3 Å². The fourth-order valence-electron chi connectivity index (χ4n) is 1.44. The van der Waals surface area contributed by atoms with Crippen LogP contribution in [0.4, 0.5) is 0 Å². The zero-order chi connectivity index (χ0) is 9.19. The lowest BCUT2D eigenvalue weighted by Gasteiger charge is -2.25. The van der Waals surface area contributed by atoms with Gasteiger partial charge in [-0.05, 0) is 18.8 Å². The van der Waals surface area contributed by atoms with Crippen LogP contribution >= 0.6 is 12.6 Å². The zero-order valence-corrected chi connectivity index (χ0v) is 8.52. The molecule has 1 atom stereocenters. The second kappa shape index (κ2) is 3.98. The van der Waals surface area contributed by atoms with Crippen LogP contribution in [-0.2, 0) is 9.84 Å². The van der Waals surface area contributed by atoms with E-state index in [0.717, 1.165) is 0 Å². The minimum Gasteiger partial charge on any atom is -0.392 e. The Kier molecular flexibility index (Phi) is 3.43. The molecule has 0 saturated carbocycles. The van der Waals surface area contributed by atoms with Crippen LogP contribution < -0.4 is 0 Å². The summed E-state index contributed by atoms with van der Waals surface area (Å²) in [4.78, 5) is 0. The maximum Gasteiger partial charge on any atom is 0.150 e. The van der Waals surface area contributed by atoms with Gasteiger partial charge in [0.05, 0.1) is 17.6 Å². The van der Waals surface area contributed by atoms with Gasteiger partial charge >= 0.3 is 0 Å². The van der Waals surface area contributed by atoms with Crippen molar-refractivity contribution in [3.05, 3.63) is 0 Å². The largest absolute Gasteiger partial charge is 0.392 e. The van der Waals surface area contributed by atoms with Crippen molar-refractivity contribution < 1.29 is 13.5 Å². The normalized spacial score (nSPS) is 26.8. The molecule has 0 aliphatic carbocycles. The highest BCUT2D eigenvalue weighted by Gasteiger charge is 2.27. The lowest BCUT2D eigenvalue weighted by atomic mass is 9.97. The van der Waals surface area contributed by atoms with Crippen molar-refractivity contribution >= 4 is 22.5 Å². The van der Waals surface area contributed by atoms with Gasteiger partial charge in [0.25, 0.3) is 0 Å². The van der Waals surface area contributed by atoms with Gasteiger partial charge in [0.2, 0.25) is 0 Å². The van der Waals surface area contributed by atoms with E-state index in [1.165, 1.54) is 0 Å². The average Bonchev–Trinajstić information content (AvgIpc) is 2.03. The first-order chi connectivity index (χ1) is 5.55. The van der Waals surface area contributed by atoms with Crippen LogP contribution in [0.1, 0.15) is 12.8 Å². The zero-order valence-electron chi connectivity index (χ0n) is 6.81. The summed E-state index contributed by atoms with van der Waals surface area (Å²) in [6.45, 7) is 0. The third-order valence-corrected chi connectivity index (χ3v) is 4.42. The number of aliphatic hydroxyl groups excluding tert-OH is 1. The number of aliphatic hydroxyl groups is 1. The Labute approximate surface area is 78.5 Å². The molecule has 0 aromatic rings. The average molecular weight is 210 g/mol. The van der Waals surface area contributed by atoms with Gasteiger partial charge in [0.15, 0.2) is 0 Å². The molecule has 0 aromatic heterocycles. The third-order valence-electron chi connectivity index (χ3n) is 2.33. The lowest BCUT2D eigenvalue weighted by molar-refractivity contribution is 0.124. The van der Waals surface area contributed by atoms with E-state index in [-0.39, 0.29) is 17.4 Å². The molecule has 0 aromatic carbocycles. The maximum atomic E-state index is 11.0. The highest BCUT2D eigenvalue weighted by atomic mass is 32.2. The summed E-state index contributed by atoms with van der Waals surface area (Å²) in [6.07, 6.45) is 0.734. The second-order valence-electron chi connectivity index (χ2n) is 3.24. The molecule has 1 fully saturated rings. The molecule has 1 N–H and O–H groups in total. The van der Waals surface area contributed by atoms with Crippen molar-refractivity contribution in [3.8, 4) is 0 Å². The molecule has 1 saturated heterocycles. The van der Waals surface area contributed by atoms with E-state index in [1.807, 2.05) is 0 Å². The minimum atomic E-state index is -2.79. The van der Waals surface area contributed by atoms with Crippen LogP contribution in [0.2, 0.25) is 0 Å². The molecular formula is C7H14O3S2. The molecule has 0 bridgehead atoms. The van der Waals surface area contributed by atoms with Gasteiger partial charge in [-0.2, -0.15) is 12.6 Å². The summed E-state index contributed by atoms with van der Waals surface area (Å²) in [6, 6.07) is 0. The Morgan fingerprint density at radius 3 is 2.33 bits per heavy atom.